The number of aryl methyl sites for hydroxylation is 1. The Labute approximate surface area is 115 Å². The first kappa shape index (κ1) is 13.8. The van der Waals surface area contributed by atoms with Crippen LogP contribution in [0.2, 0.25) is 0 Å². The van der Waals surface area contributed by atoms with Gasteiger partial charge in [-0.05, 0) is 42.1 Å². The van der Waals surface area contributed by atoms with Gasteiger partial charge in [-0.3, -0.25) is 4.98 Å². The van der Waals surface area contributed by atoms with Crippen molar-refractivity contribution in [2.45, 2.75) is 32.7 Å². The van der Waals surface area contributed by atoms with Gasteiger partial charge < -0.3 is 5.32 Å². The number of hydrogen-bond acceptors (Lipinski definition) is 2. The second kappa shape index (κ2) is 7.05. The fourth-order valence-electron chi connectivity index (χ4n) is 2.34. The third-order valence-electron chi connectivity index (χ3n) is 3.37. The quantitative estimate of drug-likeness (QED) is 0.853. The summed E-state index contributed by atoms with van der Waals surface area (Å²) in [6.45, 7) is 5.32. The zero-order valence-electron chi connectivity index (χ0n) is 11.8. The molecule has 0 amide bonds. The molecule has 1 atom stereocenters. The first-order chi connectivity index (χ1) is 9.33. The second-order valence-corrected chi connectivity index (χ2v) is 4.77. The van der Waals surface area contributed by atoms with Crippen LogP contribution in [0.1, 0.15) is 36.6 Å². The predicted octanol–water partition coefficient (Wildman–Crippen LogP) is 3.54. The molecule has 0 saturated carbocycles. The Kier molecular flexibility index (Phi) is 5.10. The van der Waals surface area contributed by atoms with Gasteiger partial charge in [0.2, 0.25) is 0 Å². The number of pyridine rings is 1. The topological polar surface area (TPSA) is 24.9 Å². The molecule has 0 saturated heterocycles. The normalized spacial score (nSPS) is 12.3. The first-order valence-corrected chi connectivity index (χ1v) is 7.04. The second-order valence-electron chi connectivity index (χ2n) is 4.77. The van der Waals surface area contributed by atoms with Gasteiger partial charge in [0.1, 0.15) is 0 Å². The van der Waals surface area contributed by atoms with Crippen LogP contribution in [0.4, 0.5) is 0 Å². The number of hydrogen-bond donors (Lipinski definition) is 1. The van der Waals surface area contributed by atoms with Gasteiger partial charge in [-0.2, -0.15) is 0 Å². The van der Waals surface area contributed by atoms with Gasteiger partial charge in [-0.15, -0.1) is 0 Å². The van der Waals surface area contributed by atoms with E-state index in [1.807, 2.05) is 18.5 Å². The van der Waals surface area contributed by atoms with E-state index in [0.717, 1.165) is 19.4 Å². The summed E-state index contributed by atoms with van der Waals surface area (Å²) in [5.41, 5.74) is 4.03. The minimum Gasteiger partial charge on any atom is -0.310 e. The Morgan fingerprint density at radius 3 is 2.63 bits per heavy atom. The largest absolute Gasteiger partial charge is 0.310 e. The van der Waals surface area contributed by atoms with Crippen molar-refractivity contribution in [2.24, 2.45) is 0 Å². The van der Waals surface area contributed by atoms with Crippen molar-refractivity contribution in [1.29, 1.82) is 0 Å². The molecule has 2 heteroatoms. The molecule has 0 spiro atoms. The molecule has 2 aromatic rings. The van der Waals surface area contributed by atoms with Crippen molar-refractivity contribution in [2.75, 3.05) is 6.54 Å². The summed E-state index contributed by atoms with van der Waals surface area (Å²) in [5.74, 6) is 0. The number of nitrogens with one attached hydrogen (secondary N) is 1. The van der Waals surface area contributed by atoms with E-state index in [-0.39, 0.29) is 0 Å². The Hall–Kier alpha value is -1.67. The summed E-state index contributed by atoms with van der Waals surface area (Å²) >= 11 is 0. The molecule has 0 aliphatic carbocycles. The molecule has 1 aromatic carbocycles. The van der Waals surface area contributed by atoms with Crippen LogP contribution in [0.15, 0.2) is 48.8 Å². The third-order valence-corrected chi connectivity index (χ3v) is 3.37. The predicted molar refractivity (Wildman–Crippen MR) is 80.2 cm³/mol. The summed E-state index contributed by atoms with van der Waals surface area (Å²) in [7, 11) is 0. The SMILES string of the molecule is CCNC(Cc1cccnc1)c1cccc(CC)c1. The average molecular weight is 254 g/mol. The highest BCUT2D eigenvalue weighted by atomic mass is 14.9. The summed E-state index contributed by atoms with van der Waals surface area (Å²) in [6.07, 6.45) is 5.84. The highest BCUT2D eigenvalue weighted by Gasteiger charge is 2.11. The first-order valence-electron chi connectivity index (χ1n) is 7.04. The molecule has 0 aliphatic heterocycles. The molecule has 100 valence electrons. The molecule has 0 bridgehead atoms. The van der Waals surface area contributed by atoms with E-state index in [2.05, 4.69) is 54.5 Å². The van der Waals surface area contributed by atoms with Crippen molar-refractivity contribution in [3.8, 4) is 0 Å². The molecular weight excluding hydrogens is 232 g/mol. The minimum atomic E-state index is 0.362. The number of benzene rings is 1. The van der Waals surface area contributed by atoms with Crippen LogP contribution in [0.5, 0.6) is 0 Å². The Balaban J connectivity index is 2.19. The fraction of sp³-hybridized carbons (Fsp3) is 0.353. The maximum Gasteiger partial charge on any atom is 0.0361 e. The van der Waals surface area contributed by atoms with Crippen molar-refractivity contribution in [3.05, 3.63) is 65.5 Å². The van der Waals surface area contributed by atoms with Gasteiger partial charge in [0.15, 0.2) is 0 Å². The zero-order chi connectivity index (χ0) is 13.5. The number of aromatic nitrogens is 1. The maximum atomic E-state index is 4.20. The van der Waals surface area contributed by atoms with Crippen LogP contribution in [0, 0.1) is 0 Å². The number of likely N-dealkylation sites (N-methyl/N-ethyl adjacent to an activating group) is 1. The molecule has 2 nitrogen and oxygen atoms in total. The average Bonchev–Trinajstić information content (AvgIpc) is 2.48. The van der Waals surface area contributed by atoms with E-state index in [9.17, 15) is 0 Å². The van der Waals surface area contributed by atoms with Crippen molar-refractivity contribution >= 4 is 0 Å². The van der Waals surface area contributed by atoms with Crippen molar-refractivity contribution in [1.82, 2.24) is 10.3 Å². The molecule has 1 heterocycles. The van der Waals surface area contributed by atoms with Crippen LogP contribution in [-0.4, -0.2) is 11.5 Å². The van der Waals surface area contributed by atoms with Gasteiger partial charge in [-0.1, -0.05) is 44.2 Å². The highest BCUT2D eigenvalue weighted by molar-refractivity contribution is 5.27. The molecule has 0 aliphatic rings. The molecule has 1 N–H and O–H groups in total. The number of nitrogens with zero attached hydrogens (tertiary/aromatic N) is 1. The van der Waals surface area contributed by atoms with Gasteiger partial charge in [0.25, 0.3) is 0 Å². The lowest BCUT2D eigenvalue weighted by molar-refractivity contribution is 0.548. The van der Waals surface area contributed by atoms with Crippen molar-refractivity contribution in [3.63, 3.8) is 0 Å². The lowest BCUT2D eigenvalue weighted by atomic mass is 9.97. The summed E-state index contributed by atoms with van der Waals surface area (Å²) in [4.78, 5) is 4.20. The minimum absolute atomic E-state index is 0.362. The van der Waals surface area contributed by atoms with Gasteiger partial charge in [0, 0.05) is 18.4 Å². The van der Waals surface area contributed by atoms with Crippen LogP contribution in [0.25, 0.3) is 0 Å². The van der Waals surface area contributed by atoms with Crippen LogP contribution in [-0.2, 0) is 12.8 Å². The lowest BCUT2D eigenvalue weighted by Gasteiger charge is -2.19. The van der Waals surface area contributed by atoms with E-state index in [0.29, 0.717) is 6.04 Å². The standard InChI is InChI=1S/C17H22N2/c1-3-14-7-5-9-16(11-14)17(19-4-2)12-15-8-6-10-18-13-15/h5-11,13,17,19H,3-4,12H2,1-2H3. The molecule has 1 aromatic heterocycles. The third kappa shape index (κ3) is 3.90. The van der Waals surface area contributed by atoms with E-state index in [1.165, 1.54) is 16.7 Å². The molecular formula is C17H22N2. The lowest BCUT2D eigenvalue weighted by Crippen LogP contribution is -2.23. The van der Waals surface area contributed by atoms with E-state index in [4.69, 9.17) is 0 Å². The Morgan fingerprint density at radius 2 is 1.95 bits per heavy atom. The van der Waals surface area contributed by atoms with E-state index < -0.39 is 0 Å². The molecule has 19 heavy (non-hydrogen) atoms. The highest BCUT2D eigenvalue weighted by Crippen LogP contribution is 2.19. The zero-order valence-corrected chi connectivity index (χ0v) is 11.8. The van der Waals surface area contributed by atoms with Crippen LogP contribution < -0.4 is 5.32 Å². The van der Waals surface area contributed by atoms with Crippen LogP contribution in [0.3, 0.4) is 0 Å². The summed E-state index contributed by atoms with van der Waals surface area (Å²) in [5, 5.41) is 3.57. The Bertz CT molecular complexity index is 494. The fourth-order valence-corrected chi connectivity index (χ4v) is 2.34. The maximum absolute atomic E-state index is 4.20. The van der Waals surface area contributed by atoms with Gasteiger partial charge in [0.05, 0.1) is 0 Å². The van der Waals surface area contributed by atoms with Crippen LogP contribution >= 0.6 is 0 Å². The molecule has 2 rings (SSSR count). The Morgan fingerprint density at radius 1 is 1.11 bits per heavy atom. The number of rotatable bonds is 6. The smallest absolute Gasteiger partial charge is 0.0361 e. The molecule has 0 radical (unpaired) electrons. The van der Waals surface area contributed by atoms with Crippen molar-refractivity contribution < 1.29 is 0 Å². The van der Waals surface area contributed by atoms with E-state index in [1.54, 1.807) is 0 Å². The van der Waals surface area contributed by atoms with Gasteiger partial charge >= 0.3 is 0 Å². The van der Waals surface area contributed by atoms with E-state index >= 15 is 0 Å². The summed E-state index contributed by atoms with van der Waals surface area (Å²) in [6, 6.07) is 13.4. The summed E-state index contributed by atoms with van der Waals surface area (Å²) < 4.78 is 0. The molecule has 0 fully saturated rings. The monoisotopic (exact) mass is 254 g/mol. The molecule has 1 unspecified atom stereocenters. The van der Waals surface area contributed by atoms with Gasteiger partial charge in [-0.25, -0.2) is 0 Å².